The number of benzene rings is 9. The summed E-state index contributed by atoms with van der Waals surface area (Å²) in [6.45, 7) is 1.95. The summed E-state index contributed by atoms with van der Waals surface area (Å²) < 4.78 is 49.7. The van der Waals surface area contributed by atoms with Crippen molar-refractivity contribution in [1.29, 1.82) is 0 Å². The van der Waals surface area contributed by atoms with Crippen LogP contribution in [-0.4, -0.2) is 87.1 Å². The molecule has 0 amide bonds. The van der Waals surface area contributed by atoms with Crippen LogP contribution < -0.4 is 28.4 Å². The first-order valence-electron chi connectivity index (χ1n) is 41.2. The molecule has 0 aliphatic carbocycles. The fourth-order valence-corrected chi connectivity index (χ4v) is 15.2. The summed E-state index contributed by atoms with van der Waals surface area (Å²) in [5.74, 6) is 4.89. The lowest BCUT2D eigenvalue weighted by Crippen LogP contribution is -2.43. The van der Waals surface area contributed by atoms with Gasteiger partial charge in [-0.1, -0.05) is 91.0 Å². The van der Waals surface area contributed by atoms with Gasteiger partial charge in [0, 0.05) is 61.7 Å². The monoisotopic (exact) mass is 1640 g/mol. The standard InChI is InChI=1S/C41H40O6.C32H34O5.C23H28O4.C6H9ClN2/c1-44-35-15-9-29(10-16-35)5-3-7-39(42)41(27-31-13-19-37-33(25-31)21-23-46-37,28-32-14-20-38-34(26-32)22-24-47-38)40(43)8-4-6-30-11-17-36(45-2)18-12-30;1-35-27-14-9-23(10-15-27)5-3-7-30(33)29(22-25-13-18-32-26(21-25)19-20-37-32)31(34)8-4-6-24-11-16-28(36-2)17-12-24;1-26-22-13-9-18(10-14-22)5-3-7-20(24)17-21(25)8-4-6-19-11-15-23(27-2)16-12-19;1-5-3-6(4-7)9(2)8-5/h9-26H,3-8,27-28H2,1-2H3;9-21,29H,3-8,22H2,1-2H3;9-16H,3-8,17H2,1-2H3;3H,4H2,1-2H3. The zero-order valence-corrected chi connectivity index (χ0v) is 71.1. The van der Waals surface area contributed by atoms with Crippen molar-refractivity contribution >= 4 is 79.2 Å². The van der Waals surface area contributed by atoms with Gasteiger partial charge in [-0.25, -0.2) is 0 Å². The summed E-state index contributed by atoms with van der Waals surface area (Å²) in [6, 6.07) is 72.9. The molecule has 0 unspecified atom stereocenters. The van der Waals surface area contributed by atoms with E-state index in [9.17, 15) is 28.8 Å². The van der Waals surface area contributed by atoms with Crippen molar-refractivity contribution in [2.45, 2.75) is 154 Å². The first kappa shape index (κ1) is 90.2. The molecule has 626 valence electrons. The van der Waals surface area contributed by atoms with Crippen molar-refractivity contribution in [3.8, 4) is 34.5 Å². The average molecular weight is 1640 g/mol. The summed E-state index contributed by atoms with van der Waals surface area (Å²) in [5.41, 5.74) is 13.0. The molecule has 9 aromatic carbocycles. The number of Topliss-reactive ketones (excluding diaryl/α,β-unsaturated/α-hetero) is 6. The molecule has 0 spiro atoms. The van der Waals surface area contributed by atoms with Crippen LogP contribution in [0.2, 0.25) is 0 Å². The molecule has 120 heavy (non-hydrogen) atoms. The lowest BCUT2D eigenvalue weighted by atomic mass is 9.67. The molecule has 4 heterocycles. The number of fused-ring (bicyclic) bond motifs is 3. The van der Waals surface area contributed by atoms with Crippen LogP contribution >= 0.6 is 11.6 Å². The quantitative estimate of drug-likeness (QED) is 0.0256. The van der Waals surface area contributed by atoms with Crippen molar-refractivity contribution in [1.82, 2.24) is 9.78 Å². The molecule has 17 nitrogen and oxygen atoms in total. The van der Waals surface area contributed by atoms with E-state index in [1.54, 1.807) is 66.1 Å². The summed E-state index contributed by atoms with van der Waals surface area (Å²) in [5, 5.41) is 7.00. The Labute approximate surface area is 709 Å². The van der Waals surface area contributed by atoms with Gasteiger partial charge in [0.15, 0.2) is 0 Å². The topological polar surface area (TPSA) is 215 Å². The fraction of sp³-hybridized carbons (Fsp3) is 0.324. The van der Waals surface area contributed by atoms with Gasteiger partial charge in [-0.2, -0.15) is 5.10 Å². The van der Waals surface area contributed by atoms with Crippen LogP contribution in [0.25, 0.3) is 32.9 Å². The minimum Gasteiger partial charge on any atom is -0.497 e. The Morgan fingerprint density at radius 3 is 0.908 bits per heavy atom. The number of hydrogen-bond acceptors (Lipinski definition) is 16. The van der Waals surface area contributed by atoms with E-state index in [1.165, 1.54) is 11.1 Å². The van der Waals surface area contributed by atoms with Gasteiger partial charge >= 0.3 is 0 Å². The third kappa shape index (κ3) is 27.8. The molecule has 13 rings (SSSR count). The maximum atomic E-state index is 14.6. The first-order valence-corrected chi connectivity index (χ1v) is 41.8. The van der Waals surface area contributed by atoms with Gasteiger partial charge in [0.1, 0.15) is 85.9 Å². The van der Waals surface area contributed by atoms with Crippen LogP contribution in [0.1, 0.15) is 145 Å². The SMILES string of the molecule is COc1ccc(CCCC(=O)C(Cc2ccc3occc3c2)(Cc2ccc3occc3c2)C(=O)CCCc2ccc(OC)cc2)cc1.COc1ccc(CCCC(=O)C(Cc2ccc3occc3c2)C(=O)CCCc2ccc(OC)cc2)cc1.COc1ccc(CCCC(=O)CC(=O)CCCc2ccc(OC)cc2)cc1.Cc1cc(CCl)n(C)n1. The zero-order valence-electron chi connectivity index (χ0n) is 70.3. The Balaban J connectivity index is 0.000000185. The molecule has 4 aromatic heterocycles. The van der Waals surface area contributed by atoms with E-state index in [2.05, 4.69) is 5.10 Å². The number of alkyl halides is 1. The molecule has 13 aromatic rings. The van der Waals surface area contributed by atoms with Crippen LogP contribution in [0.15, 0.2) is 256 Å². The van der Waals surface area contributed by atoms with Gasteiger partial charge in [-0.15, -0.1) is 11.6 Å². The highest BCUT2D eigenvalue weighted by molar-refractivity contribution is 6.17. The Kier molecular flexibility index (Phi) is 35.3. The number of ether oxygens (including phenoxy) is 6. The molecule has 18 heteroatoms. The van der Waals surface area contributed by atoms with Crippen molar-refractivity contribution in [2.24, 2.45) is 18.4 Å². The molecule has 0 saturated carbocycles. The number of hydrogen-bond donors (Lipinski definition) is 0. The van der Waals surface area contributed by atoms with Crippen molar-refractivity contribution in [2.75, 3.05) is 42.7 Å². The predicted molar refractivity (Wildman–Crippen MR) is 473 cm³/mol. The van der Waals surface area contributed by atoms with Crippen LogP contribution in [0.3, 0.4) is 0 Å². The van der Waals surface area contributed by atoms with E-state index in [1.807, 2.05) is 238 Å². The van der Waals surface area contributed by atoms with Gasteiger partial charge in [0.2, 0.25) is 0 Å². The number of rotatable bonds is 43. The first-order chi connectivity index (χ1) is 58.3. The van der Waals surface area contributed by atoms with Crippen molar-refractivity contribution < 1.29 is 70.4 Å². The van der Waals surface area contributed by atoms with Crippen molar-refractivity contribution in [3.05, 3.63) is 305 Å². The van der Waals surface area contributed by atoms with E-state index in [-0.39, 0.29) is 41.1 Å². The van der Waals surface area contributed by atoms with Crippen LogP contribution in [-0.2, 0) is 99.5 Å². The number of nitrogens with zero attached hydrogens (tertiary/aromatic N) is 2. The van der Waals surface area contributed by atoms with Gasteiger partial charge in [0.25, 0.3) is 0 Å². The molecular formula is C102H111ClN2O15. The summed E-state index contributed by atoms with van der Waals surface area (Å²) in [6.07, 6.45) is 17.3. The number of furan rings is 3. The summed E-state index contributed by atoms with van der Waals surface area (Å²) >= 11 is 5.58. The number of aromatic nitrogens is 2. The van der Waals surface area contributed by atoms with E-state index in [0.717, 1.165) is 169 Å². The van der Waals surface area contributed by atoms with Crippen LogP contribution in [0, 0.1) is 18.3 Å². The highest BCUT2D eigenvalue weighted by atomic mass is 35.5. The molecule has 0 fully saturated rings. The normalized spacial score (nSPS) is 11.1. The highest BCUT2D eigenvalue weighted by Gasteiger charge is 2.44. The maximum absolute atomic E-state index is 14.6. The van der Waals surface area contributed by atoms with E-state index in [0.29, 0.717) is 89.4 Å². The minimum atomic E-state index is -1.23. The van der Waals surface area contributed by atoms with Crippen LogP contribution in [0.4, 0.5) is 0 Å². The number of aryl methyl sites for hydroxylation is 8. The molecule has 0 bridgehead atoms. The number of carbonyl (C=O) groups is 6. The number of carbonyl (C=O) groups excluding carboxylic acids is 6. The smallest absolute Gasteiger partial charge is 0.147 e. The second-order valence-corrected chi connectivity index (χ2v) is 30.6. The Morgan fingerprint density at radius 1 is 0.358 bits per heavy atom. The predicted octanol–water partition coefficient (Wildman–Crippen LogP) is 22.0. The van der Waals surface area contributed by atoms with Gasteiger partial charge < -0.3 is 41.7 Å². The van der Waals surface area contributed by atoms with Crippen LogP contribution in [0.5, 0.6) is 34.5 Å². The molecular weight excluding hydrogens is 1530 g/mol. The van der Waals surface area contributed by atoms with Crippen molar-refractivity contribution in [3.63, 3.8) is 0 Å². The van der Waals surface area contributed by atoms with E-state index in [4.69, 9.17) is 53.3 Å². The lowest BCUT2D eigenvalue weighted by molar-refractivity contribution is -0.141. The van der Waals surface area contributed by atoms with Gasteiger partial charge in [-0.3, -0.25) is 33.4 Å². The summed E-state index contributed by atoms with van der Waals surface area (Å²) in [4.78, 5) is 79.9. The molecule has 0 saturated heterocycles. The lowest BCUT2D eigenvalue weighted by Gasteiger charge is -2.32. The highest BCUT2D eigenvalue weighted by Crippen LogP contribution is 2.37. The largest absolute Gasteiger partial charge is 0.497 e. The van der Waals surface area contributed by atoms with E-state index >= 15 is 0 Å². The number of ketones is 6. The Hall–Kier alpha value is -12.1. The molecule has 0 aliphatic rings. The number of methoxy groups -OCH3 is 6. The zero-order chi connectivity index (χ0) is 85.0. The Bertz CT molecular complexity index is 5090. The third-order valence-electron chi connectivity index (χ3n) is 21.8. The summed E-state index contributed by atoms with van der Waals surface area (Å²) in [7, 11) is 11.8. The molecule has 0 aliphatic heterocycles. The molecule has 0 radical (unpaired) electrons. The number of halogens is 1. The second kappa shape index (κ2) is 46.9. The fourth-order valence-electron chi connectivity index (χ4n) is 14.9. The molecule has 0 atom stereocenters. The van der Waals surface area contributed by atoms with Gasteiger partial charge in [-0.05, 0) is 287 Å². The maximum Gasteiger partial charge on any atom is 0.147 e. The van der Waals surface area contributed by atoms with E-state index < -0.39 is 11.3 Å². The minimum absolute atomic E-state index is 0.0139. The average Bonchev–Trinajstić information content (AvgIpc) is 1.37. The third-order valence-corrected chi connectivity index (χ3v) is 22.1. The Morgan fingerprint density at radius 2 is 0.633 bits per heavy atom. The second-order valence-electron chi connectivity index (χ2n) is 30.3. The van der Waals surface area contributed by atoms with Gasteiger partial charge in [0.05, 0.1) is 96.5 Å². The molecule has 0 N–H and O–H groups in total.